The van der Waals surface area contributed by atoms with Crippen molar-refractivity contribution in [1.82, 2.24) is 0 Å². The number of aliphatic hydroxyl groups is 2. The summed E-state index contributed by atoms with van der Waals surface area (Å²) < 4.78 is 0. The van der Waals surface area contributed by atoms with Crippen molar-refractivity contribution in [3.63, 3.8) is 0 Å². The number of hydrogen-bond donors (Lipinski definition) is 5. The molecule has 1 aromatic carbocycles. The number of carboxylic acids is 1. The van der Waals surface area contributed by atoms with Crippen molar-refractivity contribution in [2.75, 3.05) is 5.32 Å². The lowest BCUT2D eigenvalue weighted by molar-refractivity contribution is -0.174. The molecule has 1 aromatic rings. The monoisotopic (exact) mass is 527 g/mol. The summed E-state index contributed by atoms with van der Waals surface area (Å²) in [5.74, 6) is 0.969. The molecule has 0 bridgehead atoms. The van der Waals surface area contributed by atoms with Crippen LogP contribution in [-0.4, -0.2) is 44.5 Å². The lowest BCUT2D eigenvalue weighted by Crippen LogP contribution is -2.58. The average molecular weight is 528 g/mol. The van der Waals surface area contributed by atoms with Gasteiger partial charge in [-0.05, 0) is 122 Å². The highest BCUT2D eigenvalue weighted by Crippen LogP contribution is 2.68. The molecule has 0 radical (unpaired) electrons. The maximum Gasteiger partial charge on any atom is 0.339 e. The SMILES string of the molecule is C[C@H](CCC(=O)Nc1ccc(O)c(C(=O)O)c1)[C@H]1CC[C@H]2[C@@H]3[C@H](O)CC4C[C@H](O)CC[C@]4(C)[C@H]3CC[C@]12C. The molecule has 5 N–H and O–H groups in total. The van der Waals surface area contributed by atoms with Crippen LogP contribution in [0.3, 0.4) is 0 Å². The molecule has 0 aliphatic heterocycles. The summed E-state index contributed by atoms with van der Waals surface area (Å²) in [6, 6.07) is 4.08. The highest BCUT2D eigenvalue weighted by atomic mass is 16.4. The van der Waals surface area contributed by atoms with E-state index in [2.05, 4.69) is 26.1 Å². The molecule has 4 aliphatic rings. The van der Waals surface area contributed by atoms with E-state index in [0.717, 1.165) is 51.4 Å². The Balaban J connectivity index is 1.23. The van der Waals surface area contributed by atoms with Gasteiger partial charge in [-0.25, -0.2) is 4.79 Å². The van der Waals surface area contributed by atoms with E-state index in [1.165, 1.54) is 24.6 Å². The third-order valence-electron chi connectivity index (χ3n) is 11.8. The first-order valence-corrected chi connectivity index (χ1v) is 14.7. The maximum absolute atomic E-state index is 12.7. The van der Waals surface area contributed by atoms with E-state index in [1.807, 2.05) is 0 Å². The zero-order valence-corrected chi connectivity index (χ0v) is 23.0. The molecule has 38 heavy (non-hydrogen) atoms. The number of carbonyl (C=O) groups excluding carboxylic acids is 1. The van der Waals surface area contributed by atoms with Crippen LogP contribution >= 0.6 is 0 Å². The Labute approximate surface area is 226 Å². The predicted molar refractivity (Wildman–Crippen MR) is 145 cm³/mol. The number of benzene rings is 1. The van der Waals surface area contributed by atoms with E-state index in [0.29, 0.717) is 47.6 Å². The van der Waals surface area contributed by atoms with Crippen LogP contribution in [0.2, 0.25) is 0 Å². The largest absolute Gasteiger partial charge is 0.507 e. The van der Waals surface area contributed by atoms with Gasteiger partial charge in [0.05, 0.1) is 12.2 Å². The zero-order chi connectivity index (χ0) is 27.4. The minimum absolute atomic E-state index is 0.150. The number of carbonyl (C=O) groups is 2. The van der Waals surface area contributed by atoms with E-state index in [9.17, 15) is 30.0 Å². The molecule has 10 atom stereocenters. The van der Waals surface area contributed by atoms with Crippen LogP contribution in [0.5, 0.6) is 5.75 Å². The zero-order valence-electron chi connectivity index (χ0n) is 23.0. The van der Waals surface area contributed by atoms with Gasteiger partial charge in [0.1, 0.15) is 11.3 Å². The summed E-state index contributed by atoms with van der Waals surface area (Å²) in [5, 5.41) is 43.4. The molecule has 210 valence electrons. The van der Waals surface area contributed by atoms with Crippen molar-refractivity contribution in [3.8, 4) is 5.75 Å². The average Bonchev–Trinajstić information content (AvgIpc) is 3.22. The lowest BCUT2D eigenvalue weighted by Gasteiger charge is -2.62. The van der Waals surface area contributed by atoms with E-state index < -0.39 is 5.97 Å². The number of hydrogen-bond acceptors (Lipinski definition) is 5. The summed E-state index contributed by atoms with van der Waals surface area (Å²) in [5.41, 5.74) is 0.535. The molecule has 4 fully saturated rings. The Morgan fingerprint density at radius 2 is 1.74 bits per heavy atom. The molecular weight excluding hydrogens is 482 g/mol. The molecule has 0 saturated heterocycles. The maximum atomic E-state index is 12.7. The predicted octanol–water partition coefficient (Wildman–Crippen LogP) is 5.44. The fraction of sp³-hybridized carbons (Fsp3) is 0.742. The molecule has 5 rings (SSSR count). The first kappa shape index (κ1) is 27.4. The summed E-state index contributed by atoms with van der Waals surface area (Å²) in [7, 11) is 0. The van der Waals surface area contributed by atoms with Gasteiger partial charge in [0.15, 0.2) is 0 Å². The molecule has 0 spiro atoms. The second-order valence-corrected chi connectivity index (χ2v) is 13.6. The van der Waals surface area contributed by atoms with Crippen LogP contribution in [0, 0.1) is 46.3 Å². The normalized spacial score (nSPS) is 40.9. The molecule has 0 aromatic heterocycles. The van der Waals surface area contributed by atoms with Gasteiger partial charge in [0.2, 0.25) is 5.91 Å². The highest BCUT2D eigenvalue weighted by molar-refractivity contribution is 5.95. The van der Waals surface area contributed by atoms with Crippen molar-refractivity contribution in [2.24, 2.45) is 46.3 Å². The van der Waals surface area contributed by atoms with Gasteiger partial charge >= 0.3 is 5.97 Å². The van der Waals surface area contributed by atoms with Crippen molar-refractivity contribution < 1.29 is 30.0 Å². The van der Waals surface area contributed by atoms with Gasteiger partial charge in [0.25, 0.3) is 0 Å². The topological polar surface area (TPSA) is 127 Å². The highest BCUT2D eigenvalue weighted by Gasteiger charge is 2.62. The van der Waals surface area contributed by atoms with Crippen LogP contribution in [0.25, 0.3) is 0 Å². The number of amides is 1. The number of carboxylic acid groups (broad SMARTS) is 1. The van der Waals surface area contributed by atoms with Gasteiger partial charge in [-0.3, -0.25) is 4.79 Å². The quantitative estimate of drug-likeness (QED) is 0.314. The number of phenols is 1. The van der Waals surface area contributed by atoms with Crippen LogP contribution in [0.15, 0.2) is 18.2 Å². The summed E-state index contributed by atoms with van der Waals surface area (Å²) in [6.45, 7) is 7.15. The van der Waals surface area contributed by atoms with Gasteiger partial charge in [0, 0.05) is 12.1 Å². The third-order valence-corrected chi connectivity index (χ3v) is 11.8. The Hall–Kier alpha value is -2.12. The number of aromatic hydroxyl groups is 1. The number of rotatable bonds is 6. The van der Waals surface area contributed by atoms with Crippen LogP contribution < -0.4 is 5.32 Å². The Morgan fingerprint density at radius 3 is 2.47 bits per heavy atom. The fourth-order valence-corrected chi connectivity index (χ4v) is 9.74. The Morgan fingerprint density at radius 1 is 1.03 bits per heavy atom. The van der Waals surface area contributed by atoms with Crippen LogP contribution in [-0.2, 0) is 4.79 Å². The summed E-state index contributed by atoms with van der Waals surface area (Å²) in [4.78, 5) is 24.0. The van der Waals surface area contributed by atoms with Crippen molar-refractivity contribution >= 4 is 17.6 Å². The number of aliphatic hydroxyl groups excluding tert-OH is 2. The fourth-order valence-electron chi connectivity index (χ4n) is 9.74. The molecule has 0 heterocycles. The molecule has 1 unspecified atom stereocenters. The van der Waals surface area contributed by atoms with Crippen LogP contribution in [0.1, 0.15) is 95.3 Å². The first-order valence-electron chi connectivity index (χ1n) is 14.7. The van der Waals surface area contributed by atoms with Crippen molar-refractivity contribution in [2.45, 2.75) is 97.2 Å². The van der Waals surface area contributed by atoms with E-state index in [4.69, 9.17) is 0 Å². The standard InChI is InChI=1S/C31H45NO6/c1-17(4-9-27(36)32-19-5-8-25(34)21(16-19)29(37)38)22-6-7-23-28-24(11-13-31(22,23)3)30(2)12-10-20(33)14-18(30)15-26(28)35/h5,8,16-18,20,22-24,26,28,33-35H,4,6-7,9-15H2,1-3H3,(H,32,36)(H,37,38)/t17-,18?,20-,22-,23+,24+,26-,28+,30+,31-/m1/s1. The van der Waals surface area contributed by atoms with E-state index in [1.54, 1.807) is 0 Å². The van der Waals surface area contributed by atoms with Gasteiger partial charge in [-0.1, -0.05) is 20.8 Å². The number of aromatic carboxylic acids is 1. The molecule has 1 amide bonds. The molecular formula is C31H45NO6. The minimum Gasteiger partial charge on any atom is -0.507 e. The second kappa shape index (κ2) is 10.1. The van der Waals surface area contributed by atoms with Gasteiger partial charge in [-0.15, -0.1) is 0 Å². The van der Waals surface area contributed by atoms with Gasteiger partial charge in [-0.2, -0.15) is 0 Å². The number of anilines is 1. The molecule has 7 nitrogen and oxygen atoms in total. The Bertz CT molecular complexity index is 1070. The summed E-state index contributed by atoms with van der Waals surface area (Å²) >= 11 is 0. The van der Waals surface area contributed by atoms with Crippen molar-refractivity contribution in [3.05, 3.63) is 23.8 Å². The molecule has 4 saturated carbocycles. The van der Waals surface area contributed by atoms with Crippen molar-refractivity contribution in [1.29, 1.82) is 0 Å². The van der Waals surface area contributed by atoms with E-state index >= 15 is 0 Å². The number of nitrogens with one attached hydrogen (secondary N) is 1. The first-order chi connectivity index (χ1) is 17.9. The molecule has 7 heteroatoms. The third kappa shape index (κ3) is 4.64. The number of fused-ring (bicyclic) bond motifs is 5. The van der Waals surface area contributed by atoms with Crippen LogP contribution in [0.4, 0.5) is 5.69 Å². The lowest BCUT2D eigenvalue weighted by atomic mass is 9.43. The smallest absolute Gasteiger partial charge is 0.339 e. The second-order valence-electron chi connectivity index (χ2n) is 13.6. The van der Waals surface area contributed by atoms with E-state index in [-0.39, 0.29) is 40.3 Å². The Kier molecular flexibility index (Phi) is 7.31. The molecule has 4 aliphatic carbocycles. The minimum atomic E-state index is -1.24. The van der Waals surface area contributed by atoms with Gasteiger partial charge < -0.3 is 25.7 Å². The summed E-state index contributed by atoms with van der Waals surface area (Å²) in [6.07, 6.45) is 8.83.